The van der Waals surface area contributed by atoms with Crippen molar-refractivity contribution in [1.29, 1.82) is 0 Å². The lowest BCUT2D eigenvalue weighted by Gasteiger charge is -2.26. The molecule has 0 saturated carbocycles. The molecular formula is C48H27N5. The predicted octanol–water partition coefficient (Wildman–Crippen LogP) is 12.6. The van der Waals surface area contributed by atoms with Gasteiger partial charge in [-0.1, -0.05) is 115 Å². The van der Waals surface area contributed by atoms with E-state index in [1.165, 1.54) is 48.6 Å². The number of nitrogens with zero attached hydrogens (tertiary/aromatic N) is 5. The molecule has 244 valence electrons. The van der Waals surface area contributed by atoms with Gasteiger partial charge in [-0.05, 0) is 70.1 Å². The standard InChI is InChI=1S/C48H27N5/c1-3-16-31(17-4-1)51(32-18-5-2-6-19-32)39-24-12-22-35-38-26-30-15-9-10-20-33(30)41-43-48(53(45(35)39)46(38)41)49-42-36-23-11-21-34-37-25-28-13-7-8-14-29(28)27-40(37)52(44(34)36)47(42)50-43/h1-27H. The van der Waals surface area contributed by atoms with Gasteiger partial charge >= 0.3 is 0 Å². The molecular weight excluding hydrogens is 647 g/mol. The number of hydrogen-bond acceptors (Lipinski definition) is 3. The van der Waals surface area contributed by atoms with Crippen molar-refractivity contribution in [2.75, 3.05) is 4.90 Å². The number of aromatic nitrogens is 4. The number of anilines is 3. The fraction of sp³-hybridized carbons (Fsp3) is 0. The molecule has 8 aromatic carbocycles. The Morgan fingerprint density at radius 3 is 1.72 bits per heavy atom. The van der Waals surface area contributed by atoms with Gasteiger partial charge in [0.25, 0.3) is 0 Å². The number of hydrogen-bond donors (Lipinski definition) is 0. The van der Waals surface area contributed by atoms with Crippen LogP contribution in [0.1, 0.15) is 0 Å². The van der Waals surface area contributed by atoms with Crippen LogP contribution in [0.3, 0.4) is 0 Å². The van der Waals surface area contributed by atoms with Crippen LogP contribution in [0.15, 0.2) is 164 Å². The smallest absolute Gasteiger partial charge is 0.165 e. The van der Waals surface area contributed by atoms with E-state index in [2.05, 4.69) is 177 Å². The third-order valence-corrected chi connectivity index (χ3v) is 11.5. The van der Waals surface area contributed by atoms with E-state index in [0.717, 1.165) is 66.7 Å². The van der Waals surface area contributed by atoms with Gasteiger partial charge < -0.3 is 4.90 Å². The first-order valence-electron chi connectivity index (χ1n) is 18.1. The topological polar surface area (TPSA) is 37.8 Å². The summed E-state index contributed by atoms with van der Waals surface area (Å²) in [4.78, 5) is 13.8. The molecule has 0 atom stereocenters. The lowest BCUT2D eigenvalue weighted by molar-refractivity contribution is 1.23. The highest BCUT2D eigenvalue weighted by Crippen LogP contribution is 2.48. The molecule has 0 aliphatic carbocycles. The summed E-state index contributed by atoms with van der Waals surface area (Å²) in [5.74, 6) is 0. The third kappa shape index (κ3) is 3.42. The summed E-state index contributed by atoms with van der Waals surface area (Å²) in [6, 6.07) is 59.0. The second-order valence-electron chi connectivity index (χ2n) is 14.2. The quantitative estimate of drug-likeness (QED) is 0.187. The van der Waals surface area contributed by atoms with Gasteiger partial charge in [0.2, 0.25) is 0 Å². The molecule has 0 N–H and O–H groups in total. The van der Waals surface area contributed by atoms with Crippen molar-refractivity contribution in [2.24, 2.45) is 0 Å². The fourth-order valence-electron chi connectivity index (χ4n) is 9.32. The summed E-state index contributed by atoms with van der Waals surface area (Å²) in [5, 5.41) is 12.0. The van der Waals surface area contributed by atoms with Crippen LogP contribution in [0.5, 0.6) is 0 Å². The molecule has 0 bridgehead atoms. The van der Waals surface area contributed by atoms with Crippen LogP contribution >= 0.6 is 0 Å². The van der Waals surface area contributed by atoms with Crippen LogP contribution in [0.2, 0.25) is 0 Å². The molecule has 0 unspecified atom stereocenters. The number of rotatable bonds is 3. The van der Waals surface area contributed by atoms with E-state index >= 15 is 0 Å². The van der Waals surface area contributed by atoms with Crippen molar-refractivity contribution in [2.45, 2.75) is 0 Å². The van der Waals surface area contributed by atoms with E-state index in [1.807, 2.05) is 0 Å². The van der Waals surface area contributed by atoms with E-state index in [9.17, 15) is 0 Å². The Balaban J connectivity index is 1.25. The van der Waals surface area contributed by atoms with Crippen molar-refractivity contribution in [3.05, 3.63) is 164 Å². The van der Waals surface area contributed by atoms with E-state index < -0.39 is 0 Å². The molecule has 53 heavy (non-hydrogen) atoms. The molecule has 0 fully saturated rings. The first-order valence-corrected chi connectivity index (χ1v) is 18.1. The Kier molecular flexibility index (Phi) is 5.06. The minimum atomic E-state index is 0.876. The van der Waals surface area contributed by atoms with Crippen LogP contribution < -0.4 is 4.90 Å². The molecule has 0 spiro atoms. The Morgan fingerprint density at radius 2 is 0.943 bits per heavy atom. The fourth-order valence-corrected chi connectivity index (χ4v) is 9.32. The molecule has 5 nitrogen and oxygen atoms in total. The third-order valence-electron chi connectivity index (χ3n) is 11.5. The van der Waals surface area contributed by atoms with Crippen LogP contribution in [0.25, 0.3) is 98.3 Å². The zero-order valence-electron chi connectivity index (χ0n) is 28.3. The summed E-state index contributed by atoms with van der Waals surface area (Å²) >= 11 is 0. The van der Waals surface area contributed by atoms with E-state index in [-0.39, 0.29) is 0 Å². The minimum absolute atomic E-state index is 0.876. The molecule has 13 aromatic rings. The lowest BCUT2D eigenvalue weighted by Crippen LogP contribution is -2.10. The highest BCUT2D eigenvalue weighted by atomic mass is 15.2. The van der Waals surface area contributed by atoms with Gasteiger partial charge in [0.05, 0.1) is 27.8 Å². The van der Waals surface area contributed by atoms with Gasteiger partial charge in [0, 0.05) is 43.7 Å². The SMILES string of the molecule is c1ccc(N(c2ccccc2)c2cccc3c4cc5ccccc5c5c6nc7c(nc6n(c23)c45)c2cccc3c4cc5ccccc5cc4n7c32)cc1. The molecule has 13 rings (SSSR count). The van der Waals surface area contributed by atoms with E-state index in [1.54, 1.807) is 0 Å². The number of para-hydroxylation sites is 4. The maximum Gasteiger partial charge on any atom is 0.165 e. The normalized spacial score (nSPS) is 12.5. The van der Waals surface area contributed by atoms with Crippen molar-refractivity contribution >= 4 is 115 Å². The maximum atomic E-state index is 5.70. The zero-order valence-corrected chi connectivity index (χ0v) is 28.3. The van der Waals surface area contributed by atoms with Gasteiger partial charge in [-0.3, -0.25) is 8.80 Å². The minimum Gasteiger partial charge on any atom is -0.308 e. The monoisotopic (exact) mass is 673 g/mol. The molecule has 5 heterocycles. The predicted molar refractivity (Wildman–Crippen MR) is 221 cm³/mol. The Hall–Kier alpha value is -7.24. The Bertz CT molecular complexity index is 3580. The summed E-state index contributed by atoms with van der Waals surface area (Å²) in [7, 11) is 0. The van der Waals surface area contributed by atoms with E-state index in [4.69, 9.17) is 9.97 Å². The first-order chi connectivity index (χ1) is 26.3. The molecule has 0 aliphatic rings. The highest BCUT2D eigenvalue weighted by molar-refractivity contribution is 6.32. The summed E-state index contributed by atoms with van der Waals surface area (Å²) in [5.41, 5.74) is 11.5. The van der Waals surface area contributed by atoms with Gasteiger partial charge in [-0.25, -0.2) is 9.97 Å². The van der Waals surface area contributed by atoms with Gasteiger partial charge in [0.15, 0.2) is 11.3 Å². The van der Waals surface area contributed by atoms with Gasteiger partial charge in [-0.2, -0.15) is 0 Å². The molecule has 5 heteroatoms. The van der Waals surface area contributed by atoms with Crippen LogP contribution in [0.4, 0.5) is 17.1 Å². The summed E-state index contributed by atoms with van der Waals surface area (Å²) in [6.45, 7) is 0. The second kappa shape index (κ2) is 9.75. The molecule has 0 saturated heterocycles. The molecule has 0 aliphatic heterocycles. The van der Waals surface area contributed by atoms with Gasteiger partial charge in [0.1, 0.15) is 11.0 Å². The largest absolute Gasteiger partial charge is 0.308 e. The summed E-state index contributed by atoms with van der Waals surface area (Å²) < 4.78 is 4.77. The number of benzene rings is 8. The van der Waals surface area contributed by atoms with Crippen LogP contribution in [0, 0.1) is 0 Å². The maximum absolute atomic E-state index is 5.70. The van der Waals surface area contributed by atoms with E-state index in [0.29, 0.717) is 0 Å². The van der Waals surface area contributed by atoms with Crippen molar-refractivity contribution in [3.8, 4) is 0 Å². The van der Waals surface area contributed by atoms with Crippen molar-refractivity contribution in [3.63, 3.8) is 0 Å². The van der Waals surface area contributed by atoms with Gasteiger partial charge in [-0.15, -0.1) is 0 Å². The lowest BCUT2D eigenvalue weighted by atomic mass is 10.0. The molecule has 0 radical (unpaired) electrons. The Morgan fingerprint density at radius 1 is 0.377 bits per heavy atom. The van der Waals surface area contributed by atoms with Crippen LogP contribution in [-0.4, -0.2) is 18.8 Å². The second-order valence-corrected chi connectivity index (χ2v) is 14.2. The Labute approximate surface area is 301 Å². The molecule has 5 aromatic heterocycles. The van der Waals surface area contributed by atoms with Crippen molar-refractivity contribution in [1.82, 2.24) is 18.8 Å². The highest BCUT2D eigenvalue weighted by Gasteiger charge is 2.28. The average molecular weight is 674 g/mol. The number of fused-ring (bicyclic) bond motifs is 15. The first kappa shape index (κ1) is 27.5. The average Bonchev–Trinajstić information content (AvgIpc) is 3.93. The van der Waals surface area contributed by atoms with Crippen LogP contribution in [-0.2, 0) is 0 Å². The summed E-state index contributed by atoms with van der Waals surface area (Å²) in [6.07, 6.45) is 0. The zero-order chi connectivity index (χ0) is 34.4. The van der Waals surface area contributed by atoms with Crippen molar-refractivity contribution < 1.29 is 0 Å². The molecule has 0 amide bonds.